The summed E-state index contributed by atoms with van der Waals surface area (Å²) in [6, 6.07) is 5.66. The van der Waals surface area contributed by atoms with Crippen LogP contribution in [0.1, 0.15) is 28.5 Å². The van der Waals surface area contributed by atoms with Crippen LogP contribution in [-0.2, 0) is 9.53 Å². The number of aromatic nitrogens is 2. The quantitative estimate of drug-likeness (QED) is 0.661. The van der Waals surface area contributed by atoms with E-state index in [1.165, 1.54) is 22.2 Å². The van der Waals surface area contributed by atoms with Gasteiger partial charge in [0.1, 0.15) is 10.9 Å². The molecule has 0 aliphatic carbocycles. The van der Waals surface area contributed by atoms with E-state index in [9.17, 15) is 9.59 Å². The van der Waals surface area contributed by atoms with Gasteiger partial charge in [-0.15, -0.1) is 11.3 Å². The monoisotopic (exact) mass is 354 g/mol. The molecule has 4 rings (SSSR count). The van der Waals surface area contributed by atoms with E-state index in [1.807, 2.05) is 20.8 Å². The van der Waals surface area contributed by atoms with Crippen LogP contribution in [0, 0.1) is 20.8 Å². The Hall–Kier alpha value is -2.47. The zero-order chi connectivity index (χ0) is 17.7. The predicted molar refractivity (Wildman–Crippen MR) is 98.1 cm³/mol. The first kappa shape index (κ1) is 16.0. The number of fused-ring (bicyclic) bond motifs is 1. The lowest BCUT2D eigenvalue weighted by Gasteiger charge is -2.11. The molecule has 0 saturated carbocycles. The van der Waals surface area contributed by atoms with Crippen LogP contribution >= 0.6 is 11.3 Å². The summed E-state index contributed by atoms with van der Waals surface area (Å²) in [6.45, 7) is 6.44. The summed E-state index contributed by atoms with van der Waals surface area (Å²) in [5, 5.41) is 0.596. The summed E-state index contributed by atoms with van der Waals surface area (Å²) in [5.41, 5.74) is 4.06. The number of carbonyl (C=O) groups is 1. The number of benzene rings is 1. The number of aryl methyl sites for hydroxylation is 3. The molecule has 1 aliphatic heterocycles. The molecule has 2 aromatic heterocycles. The first-order valence-corrected chi connectivity index (χ1v) is 9.03. The molecular formula is C19H18N2O3S. The number of cyclic esters (lactones) is 1. The Morgan fingerprint density at radius 3 is 2.76 bits per heavy atom. The number of ether oxygens (including phenoxy) is 1. The van der Waals surface area contributed by atoms with Crippen LogP contribution in [0.5, 0.6) is 0 Å². The number of rotatable bonds is 2. The van der Waals surface area contributed by atoms with Crippen LogP contribution in [0.2, 0.25) is 0 Å². The second-order valence-electron chi connectivity index (χ2n) is 6.46. The number of nitrogens with zero attached hydrogens (tertiary/aromatic N) is 2. The van der Waals surface area contributed by atoms with Gasteiger partial charge in [-0.05, 0) is 31.9 Å². The van der Waals surface area contributed by atoms with E-state index in [0.29, 0.717) is 23.2 Å². The summed E-state index contributed by atoms with van der Waals surface area (Å²) >= 11 is 1.51. The van der Waals surface area contributed by atoms with Gasteiger partial charge in [0.2, 0.25) is 0 Å². The Kier molecular flexibility index (Phi) is 3.72. The maximum Gasteiger partial charge on any atom is 0.329 e. The predicted octanol–water partition coefficient (Wildman–Crippen LogP) is 3.54. The van der Waals surface area contributed by atoms with Crippen molar-refractivity contribution in [3.63, 3.8) is 0 Å². The highest BCUT2D eigenvalue weighted by Gasteiger charge is 2.30. The molecule has 25 heavy (non-hydrogen) atoms. The molecule has 3 heterocycles. The minimum atomic E-state index is -0.573. The average molecular weight is 354 g/mol. The first-order chi connectivity index (χ1) is 12.0. The Bertz CT molecular complexity index is 1060. The zero-order valence-electron chi connectivity index (χ0n) is 14.3. The average Bonchev–Trinajstić information content (AvgIpc) is 3.13. The van der Waals surface area contributed by atoms with E-state index in [0.717, 1.165) is 27.1 Å². The Morgan fingerprint density at radius 1 is 1.24 bits per heavy atom. The summed E-state index contributed by atoms with van der Waals surface area (Å²) in [5.74, 6) is -0.358. The van der Waals surface area contributed by atoms with Crippen molar-refractivity contribution >= 4 is 27.5 Å². The Labute approximate surface area is 148 Å². The van der Waals surface area contributed by atoms with E-state index >= 15 is 0 Å². The van der Waals surface area contributed by atoms with Gasteiger partial charge in [-0.25, -0.2) is 9.78 Å². The zero-order valence-corrected chi connectivity index (χ0v) is 15.1. The Balaban J connectivity index is 2.02. The standard InChI is InChI=1S/C19H18N2O3S/c1-10-4-5-11(2)13(8-10)15-12(3)25-17-16(15)18(22)21(9-20-17)14-6-7-24-19(14)23/h4-5,8-9,14H,6-7H2,1-3H3. The van der Waals surface area contributed by atoms with E-state index in [2.05, 4.69) is 23.2 Å². The molecule has 1 fully saturated rings. The minimum Gasteiger partial charge on any atom is -0.464 e. The van der Waals surface area contributed by atoms with Gasteiger partial charge < -0.3 is 4.74 Å². The summed E-state index contributed by atoms with van der Waals surface area (Å²) in [7, 11) is 0. The van der Waals surface area contributed by atoms with Crippen LogP contribution in [0.3, 0.4) is 0 Å². The van der Waals surface area contributed by atoms with E-state index in [4.69, 9.17) is 4.74 Å². The summed E-state index contributed by atoms with van der Waals surface area (Å²) in [6.07, 6.45) is 1.98. The third-order valence-corrected chi connectivity index (χ3v) is 5.73. The molecule has 5 nitrogen and oxygen atoms in total. The maximum absolute atomic E-state index is 13.2. The molecule has 0 spiro atoms. The maximum atomic E-state index is 13.2. The lowest BCUT2D eigenvalue weighted by molar-refractivity contribution is -0.140. The smallest absolute Gasteiger partial charge is 0.329 e. The highest BCUT2D eigenvalue weighted by atomic mass is 32.1. The first-order valence-electron chi connectivity index (χ1n) is 8.22. The van der Waals surface area contributed by atoms with Gasteiger partial charge in [0.05, 0.1) is 18.3 Å². The molecule has 1 aromatic carbocycles. The number of esters is 1. The number of hydrogen-bond acceptors (Lipinski definition) is 5. The van der Waals surface area contributed by atoms with Gasteiger partial charge in [-0.2, -0.15) is 0 Å². The van der Waals surface area contributed by atoms with Crippen LogP contribution in [-0.4, -0.2) is 22.1 Å². The van der Waals surface area contributed by atoms with Crippen molar-refractivity contribution in [3.05, 3.63) is 50.9 Å². The van der Waals surface area contributed by atoms with Crippen molar-refractivity contribution < 1.29 is 9.53 Å². The van der Waals surface area contributed by atoms with Crippen molar-refractivity contribution in [1.29, 1.82) is 0 Å². The molecular weight excluding hydrogens is 336 g/mol. The fourth-order valence-electron chi connectivity index (χ4n) is 3.40. The van der Waals surface area contributed by atoms with E-state index in [1.54, 1.807) is 0 Å². The largest absolute Gasteiger partial charge is 0.464 e. The second kappa shape index (κ2) is 5.81. The van der Waals surface area contributed by atoms with Gasteiger partial charge in [0.25, 0.3) is 5.56 Å². The Morgan fingerprint density at radius 2 is 2.04 bits per heavy atom. The molecule has 0 amide bonds. The van der Waals surface area contributed by atoms with Crippen LogP contribution in [0.15, 0.2) is 29.3 Å². The summed E-state index contributed by atoms with van der Waals surface area (Å²) < 4.78 is 6.45. The molecule has 1 atom stereocenters. The molecule has 128 valence electrons. The van der Waals surface area contributed by atoms with Gasteiger partial charge >= 0.3 is 5.97 Å². The van der Waals surface area contributed by atoms with Crippen LogP contribution < -0.4 is 5.56 Å². The second-order valence-corrected chi connectivity index (χ2v) is 7.66. The number of hydrogen-bond donors (Lipinski definition) is 0. The molecule has 0 N–H and O–H groups in total. The van der Waals surface area contributed by atoms with E-state index < -0.39 is 6.04 Å². The van der Waals surface area contributed by atoms with Crippen molar-refractivity contribution in [2.24, 2.45) is 0 Å². The van der Waals surface area contributed by atoms with E-state index in [-0.39, 0.29) is 11.5 Å². The van der Waals surface area contributed by atoms with Gasteiger partial charge in [-0.3, -0.25) is 9.36 Å². The van der Waals surface area contributed by atoms with Crippen molar-refractivity contribution in [3.8, 4) is 11.1 Å². The van der Waals surface area contributed by atoms with Crippen molar-refractivity contribution in [2.75, 3.05) is 6.61 Å². The molecule has 1 aliphatic rings. The van der Waals surface area contributed by atoms with Gasteiger partial charge in [0, 0.05) is 16.9 Å². The number of thiophene rings is 1. The molecule has 6 heteroatoms. The fraction of sp³-hybridized carbons (Fsp3) is 0.316. The van der Waals surface area contributed by atoms with Gasteiger partial charge in [-0.1, -0.05) is 23.8 Å². The highest BCUT2D eigenvalue weighted by Crippen LogP contribution is 2.37. The third kappa shape index (κ3) is 2.48. The van der Waals surface area contributed by atoms with Crippen molar-refractivity contribution in [2.45, 2.75) is 33.2 Å². The number of carbonyl (C=O) groups excluding carboxylic acids is 1. The fourth-order valence-corrected chi connectivity index (χ4v) is 4.40. The highest BCUT2D eigenvalue weighted by molar-refractivity contribution is 7.19. The summed E-state index contributed by atoms with van der Waals surface area (Å²) in [4.78, 5) is 31.3. The lowest BCUT2D eigenvalue weighted by Crippen LogP contribution is -2.27. The minimum absolute atomic E-state index is 0.172. The van der Waals surface area contributed by atoms with Crippen LogP contribution in [0.25, 0.3) is 21.3 Å². The molecule has 0 bridgehead atoms. The van der Waals surface area contributed by atoms with Gasteiger partial charge in [0.15, 0.2) is 0 Å². The molecule has 0 radical (unpaired) electrons. The molecule has 1 saturated heterocycles. The third-order valence-electron chi connectivity index (χ3n) is 4.72. The lowest BCUT2D eigenvalue weighted by atomic mass is 9.97. The SMILES string of the molecule is Cc1ccc(C)c(-c2c(C)sc3ncn(C4CCOC4=O)c(=O)c23)c1. The molecule has 3 aromatic rings. The van der Waals surface area contributed by atoms with Crippen molar-refractivity contribution in [1.82, 2.24) is 9.55 Å². The topological polar surface area (TPSA) is 61.2 Å². The molecule has 1 unspecified atom stereocenters. The van der Waals surface area contributed by atoms with Crippen LogP contribution in [0.4, 0.5) is 0 Å². The normalized spacial score (nSPS) is 17.2.